The second-order valence-electron chi connectivity index (χ2n) is 7.27. The molecule has 2 aromatic rings. The van der Waals surface area contributed by atoms with E-state index in [2.05, 4.69) is 22.4 Å². The van der Waals surface area contributed by atoms with Gasteiger partial charge in [0.2, 0.25) is 5.91 Å². The van der Waals surface area contributed by atoms with Gasteiger partial charge in [0.25, 0.3) is 5.91 Å². The third-order valence-corrected chi connectivity index (χ3v) is 6.20. The summed E-state index contributed by atoms with van der Waals surface area (Å²) < 4.78 is 0. The maximum atomic E-state index is 12.9. The zero-order valence-electron chi connectivity index (χ0n) is 15.5. The number of nitrogens with zero attached hydrogens (tertiary/aromatic N) is 3. The molecule has 4 rings (SSSR count). The third-order valence-electron chi connectivity index (χ3n) is 5.34. The van der Waals surface area contributed by atoms with Gasteiger partial charge in [0.1, 0.15) is 0 Å². The Hall–Kier alpha value is -2.18. The first-order valence-corrected chi connectivity index (χ1v) is 10.5. The molecule has 6 heteroatoms. The first kappa shape index (κ1) is 18.2. The van der Waals surface area contributed by atoms with Crippen LogP contribution in [0.1, 0.15) is 33.6 Å². The number of hydrogen-bond donors (Lipinski definition) is 0. The van der Waals surface area contributed by atoms with Crippen LogP contribution in [0.15, 0.2) is 41.8 Å². The van der Waals surface area contributed by atoms with Gasteiger partial charge in [0.15, 0.2) is 0 Å². The Balaban J connectivity index is 1.34. The van der Waals surface area contributed by atoms with Crippen molar-refractivity contribution in [3.05, 3.63) is 57.8 Å². The smallest absolute Gasteiger partial charge is 0.253 e. The van der Waals surface area contributed by atoms with Crippen LogP contribution in [0.4, 0.5) is 0 Å². The lowest BCUT2D eigenvalue weighted by molar-refractivity contribution is -0.128. The van der Waals surface area contributed by atoms with Gasteiger partial charge in [-0.05, 0) is 35.6 Å². The van der Waals surface area contributed by atoms with Crippen molar-refractivity contribution in [3.63, 3.8) is 0 Å². The van der Waals surface area contributed by atoms with E-state index in [0.29, 0.717) is 13.0 Å². The van der Waals surface area contributed by atoms with Gasteiger partial charge in [-0.1, -0.05) is 18.2 Å². The minimum Gasteiger partial charge on any atom is -0.338 e. The number of likely N-dealkylation sites (tertiary alicyclic amines) is 1. The molecule has 1 aromatic carbocycles. The minimum atomic E-state index is 0.0976. The highest BCUT2D eigenvalue weighted by Crippen LogP contribution is 2.18. The molecule has 0 spiro atoms. The molecule has 0 saturated carbocycles. The van der Waals surface area contributed by atoms with Crippen molar-refractivity contribution in [1.29, 1.82) is 0 Å². The lowest BCUT2D eigenvalue weighted by atomic mass is 10.1. The maximum Gasteiger partial charge on any atom is 0.253 e. The molecule has 2 saturated heterocycles. The largest absolute Gasteiger partial charge is 0.338 e. The first-order valence-electron chi connectivity index (χ1n) is 9.60. The first-order chi connectivity index (χ1) is 13.2. The molecule has 1 aromatic heterocycles. The van der Waals surface area contributed by atoms with Crippen molar-refractivity contribution in [1.82, 2.24) is 14.7 Å². The minimum absolute atomic E-state index is 0.0976. The van der Waals surface area contributed by atoms with Crippen LogP contribution in [0, 0.1) is 0 Å². The molecule has 0 unspecified atom stereocenters. The summed E-state index contributed by atoms with van der Waals surface area (Å²) in [7, 11) is 0. The molecule has 3 heterocycles. The Bertz CT molecular complexity index is 798. The quantitative estimate of drug-likeness (QED) is 0.797. The monoisotopic (exact) mass is 383 g/mol. The molecule has 2 aliphatic heterocycles. The number of benzene rings is 1. The van der Waals surface area contributed by atoms with E-state index in [-0.39, 0.29) is 11.8 Å². The summed E-state index contributed by atoms with van der Waals surface area (Å²) in [6.07, 6.45) is 1.58. The molecule has 0 aliphatic carbocycles. The van der Waals surface area contributed by atoms with Gasteiger partial charge in [0.05, 0.1) is 0 Å². The molecule has 0 bridgehead atoms. The maximum absolute atomic E-state index is 12.9. The SMILES string of the molecule is O=C1CCCN1Cc1cccc(C(=O)N2CCN(Cc3cccs3)CC2)c1. The van der Waals surface area contributed by atoms with Gasteiger partial charge in [-0.3, -0.25) is 14.5 Å². The van der Waals surface area contributed by atoms with E-state index in [4.69, 9.17) is 0 Å². The van der Waals surface area contributed by atoms with Crippen molar-refractivity contribution in [2.24, 2.45) is 0 Å². The summed E-state index contributed by atoms with van der Waals surface area (Å²) >= 11 is 1.78. The predicted octanol–water partition coefficient (Wildman–Crippen LogP) is 2.83. The Labute approximate surface area is 164 Å². The van der Waals surface area contributed by atoms with E-state index in [1.165, 1.54) is 4.88 Å². The van der Waals surface area contributed by atoms with Gasteiger partial charge in [-0.15, -0.1) is 11.3 Å². The Morgan fingerprint density at radius 3 is 2.56 bits per heavy atom. The summed E-state index contributed by atoms with van der Waals surface area (Å²) in [4.78, 5) is 32.4. The summed E-state index contributed by atoms with van der Waals surface area (Å²) in [5.74, 6) is 0.314. The van der Waals surface area contributed by atoms with Crippen LogP contribution in [0.25, 0.3) is 0 Å². The summed E-state index contributed by atoms with van der Waals surface area (Å²) in [6.45, 7) is 5.74. The zero-order chi connectivity index (χ0) is 18.6. The average Bonchev–Trinajstić information content (AvgIpc) is 3.34. The van der Waals surface area contributed by atoms with Crippen LogP contribution in [0.3, 0.4) is 0 Å². The lowest BCUT2D eigenvalue weighted by Gasteiger charge is -2.34. The summed E-state index contributed by atoms with van der Waals surface area (Å²) in [5.41, 5.74) is 1.76. The number of thiophene rings is 1. The van der Waals surface area contributed by atoms with Crippen LogP contribution in [-0.2, 0) is 17.9 Å². The van der Waals surface area contributed by atoms with Crippen LogP contribution in [0.5, 0.6) is 0 Å². The number of hydrogen-bond acceptors (Lipinski definition) is 4. The molecular weight excluding hydrogens is 358 g/mol. The van der Waals surface area contributed by atoms with E-state index in [1.54, 1.807) is 11.3 Å². The van der Waals surface area contributed by atoms with E-state index in [9.17, 15) is 9.59 Å². The predicted molar refractivity (Wildman–Crippen MR) is 107 cm³/mol. The van der Waals surface area contributed by atoms with Crippen molar-refractivity contribution in [2.45, 2.75) is 25.9 Å². The highest BCUT2D eigenvalue weighted by Gasteiger charge is 2.23. The molecule has 0 atom stereocenters. The van der Waals surface area contributed by atoms with Gasteiger partial charge >= 0.3 is 0 Å². The molecule has 2 fully saturated rings. The molecule has 27 heavy (non-hydrogen) atoms. The van der Waals surface area contributed by atoms with Gasteiger partial charge in [0, 0.05) is 62.7 Å². The highest BCUT2D eigenvalue weighted by atomic mass is 32.1. The van der Waals surface area contributed by atoms with Crippen LogP contribution in [0.2, 0.25) is 0 Å². The van der Waals surface area contributed by atoms with E-state index in [0.717, 1.165) is 56.8 Å². The Morgan fingerprint density at radius 2 is 1.85 bits per heavy atom. The van der Waals surface area contributed by atoms with Crippen LogP contribution < -0.4 is 0 Å². The second kappa shape index (κ2) is 8.23. The lowest BCUT2D eigenvalue weighted by Crippen LogP contribution is -2.48. The van der Waals surface area contributed by atoms with Crippen molar-refractivity contribution < 1.29 is 9.59 Å². The number of piperazine rings is 1. The van der Waals surface area contributed by atoms with Crippen molar-refractivity contribution in [2.75, 3.05) is 32.7 Å². The molecule has 0 radical (unpaired) electrons. The molecular formula is C21H25N3O2S. The number of carbonyl (C=O) groups excluding carboxylic acids is 2. The molecule has 142 valence electrons. The normalized spacial score (nSPS) is 18.3. The molecule has 2 amide bonds. The fourth-order valence-electron chi connectivity index (χ4n) is 3.81. The average molecular weight is 384 g/mol. The number of carbonyl (C=O) groups is 2. The summed E-state index contributed by atoms with van der Waals surface area (Å²) in [5, 5.41) is 2.11. The standard InChI is InChI=1S/C21H25N3O2S/c25-20-7-2-8-24(20)15-17-4-1-5-18(14-17)21(26)23-11-9-22(10-12-23)16-19-6-3-13-27-19/h1,3-6,13-14H,2,7-12,15-16H2. The molecule has 0 N–H and O–H groups in total. The van der Waals surface area contributed by atoms with E-state index >= 15 is 0 Å². The fraction of sp³-hybridized carbons (Fsp3) is 0.429. The van der Waals surface area contributed by atoms with Crippen LogP contribution >= 0.6 is 11.3 Å². The van der Waals surface area contributed by atoms with Gasteiger partial charge in [-0.2, -0.15) is 0 Å². The topological polar surface area (TPSA) is 43.9 Å². The third kappa shape index (κ3) is 4.39. The van der Waals surface area contributed by atoms with Crippen molar-refractivity contribution in [3.8, 4) is 0 Å². The molecule has 5 nitrogen and oxygen atoms in total. The van der Waals surface area contributed by atoms with Gasteiger partial charge < -0.3 is 9.80 Å². The zero-order valence-corrected chi connectivity index (χ0v) is 16.3. The Kier molecular flexibility index (Phi) is 5.55. The van der Waals surface area contributed by atoms with Crippen molar-refractivity contribution >= 4 is 23.2 Å². The van der Waals surface area contributed by atoms with E-state index < -0.39 is 0 Å². The van der Waals surface area contributed by atoms with Gasteiger partial charge in [-0.25, -0.2) is 0 Å². The highest BCUT2D eigenvalue weighted by molar-refractivity contribution is 7.09. The van der Waals surface area contributed by atoms with E-state index in [1.807, 2.05) is 34.1 Å². The second-order valence-corrected chi connectivity index (χ2v) is 8.30. The summed E-state index contributed by atoms with van der Waals surface area (Å²) in [6, 6.07) is 12.0. The number of rotatable bonds is 5. The van der Waals surface area contributed by atoms with Crippen LogP contribution in [-0.4, -0.2) is 59.2 Å². The number of amides is 2. The fourth-order valence-corrected chi connectivity index (χ4v) is 4.56. The Morgan fingerprint density at radius 1 is 1.00 bits per heavy atom. The molecule has 2 aliphatic rings.